The van der Waals surface area contributed by atoms with Crippen LogP contribution in [0.3, 0.4) is 0 Å². The molecule has 1 fully saturated rings. The van der Waals surface area contributed by atoms with Crippen LogP contribution in [0.15, 0.2) is 35.6 Å². The number of fused-ring (bicyclic) bond motifs is 3. The lowest BCUT2D eigenvalue weighted by Gasteiger charge is -2.13. The third-order valence-corrected chi connectivity index (χ3v) is 4.97. The second kappa shape index (κ2) is 5.65. The molecule has 0 unspecified atom stereocenters. The Bertz CT molecular complexity index is 835. The number of rotatable bonds is 3. The molecular weight excluding hydrogens is 324 g/mol. The zero-order valence-electron chi connectivity index (χ0n) is 14.2. The Labute approximate surface area is 145 Å². The molecule has 0 saturated carbocycles. The van der Waals surface area contributed by atoms with Gasteiger partial charge in [0, 0.05) is 23.1 Å². The van der Waals surface area contributed by atoms with Gasteiger partial charge in [0.05, 0.1) is 18.9 Å². The van der Waals surface area contributed by atoms with Gasteiger partial charge in [-0.2, -0.15) is 0 Å². The molecule has 0 radical (unpaired) electrons. The fourth-order valence-corrected chi connectivity index (χ4v) is 3.64. The van der Waals surface area contributed by atoms with Gasteiger partial charge < -0.3 is 18.9 Å². The largest absolute Gasteiger partial charge is 0.496 e. The van der Waals surface area contributed by atoms with E-state index in [9.17, 15) is 9.59 Å². The van der Waals surface area contributed by atoms with E-state index in [1.807, 2.05) is 19.1 Å². The molecule has 3 atom stereocenters. The lowest BCUT2D eigenvalue weighted by molar-refractivity contribution is -0.152. The third kappa shape index (κ3) is 2.40. The van der Waals surface area contributed by atoms with Crippen LogP contribution in [0.2, 0.25) is 0 Å². The topological polar surface area (TPSA) is 71.1 Å². The number of hydrogen-bond acceptors (Lipinski definition) is 6. The molecule has 4 rings (SSSR count). The number of cyclic esters (lactones) is 1. The summed E-state index contributed by atoms with van der Waals surface area (Å²) in [5.74, 6) is -0.218. The van der Waals surface area contributed by atoms with Crippen molar-refractivity contribution < 1.29 is 28.5 Å². The van der Waals surface area contributed by atoms with Gasteiger partial charge in [0.15, 0.2) is 0 Å². The van der Waals surface area contributed by atoms with Crippen molar-refractivity contribution in [1.82, 2.24) is 0 Å². The summed E-state index contributed by atoms with van der Waals surface area (Å²) in [5.41, 5.74) is 4.17. The molecule has 0 bridgehead atoms. The Kier molecular flexibility index (Phi) is 3.56. The van der Waals surface area contributed by atoms with E-state index in [2.05, 4.69) is 0 Å². The lowest BCUT2D eigenvalue weighted by atomic mass is 9.97. The number of hydrogen-bond donors (Lipinski definition) is 0. The molecule has 6 nitrogen and oxygen atoms in total. The fourth-order valence-electron chi connectivity index (χ4n) is 3.64. The predicted octanol–water partition coefficient (Wildman–Crippen LogP) is 2.50. The monoisotopic (exact) mass is 342 g/mol. The van der Waals surface area contributed by atoms with E-state index >= 15 is 0 Å². The van der Waals surface area contributed by atoms with Crippen molar-refractivity contribution in [3.63, 3.8) is 0 Å². The average Bonchev–Trinajstić information content (AvgIpc) is 3.19. The molecule has 0 spiro atoms. The molecule has 0 amide bonds. The molecule has 1 aromatic rings. The molecule has 2 aliphatic heterocycles. The molecule has 0 aromatic heterocycles. The van der Waals surface area contributed by atoms with Gasteiger partial charge in [0.2, 0.25) is 0 Å². The van der Waals surface area contributed by atoms with Crippen molar-refractivity contribution in [2.75, 3.05) is 7.11 Å². The van der Waals surface area contributed by atoms with E-state index in [4.69, 9.17) is 18.9 Å². The highest BCUT2D eigenvalue weighted by molar-refractivity contribution is 5.92. The molecule has 1 saturated heterocycles. The van der Waals surface area contributed by atoms with Crippen molar-refractivity contribution in [2.24, 2.45) is 5.92 Å². The van der Waals surface area contributed by atoms with Crippen molar-refractivity contribution in [1.29, 1.82) is 0 Å². The van der Waals surface area contributed by atoms with Crippen LogP contribution >= 0.6 is 0 Å². The molecule has 3 aliphatic rings. The smallest absolute Gasteiger partial charge is 0.338 e. The van der Waals surface area contributed by atoms with Crippen LogP contribution in [-0.2, 0) is 30.2 Å². The summed E-state index contributed by atoms with van der Waals surface area (Å²) < 4.78 is 21.5. The molecule has 6 heteroatoms. The maximum Gasteiger partial charge on any atom is 0.338 e. The maximum atomic E-state index is 12.3. The first-order chi connectivity index (χ1) is 12.0. The van der Waals surface area contributed by atoms with E-state index in [1.165, 1.54) is 6.26 Å². The number of methoxy groups -OCH3 is 1. The van der Waals surface area contributed by atoms with Crippen molar-refractivity contribution in [2.45, 2.75) is 32.7 Å². The van der Waals surface area contributed by atoms with E-state index < -0.39 is 18.2 Å². The Morgan fingerprint density at radius 3 is 2.64 bits per heavy atom. The van der Waals surface area contributed by atoms with Gasteiger partial charge >= 0.3 is 11.9 Å². The SMILES string of the molecule is COc1ccc(C)c2c1[C@H]1OC(=O)/C(=C/O[C@H]3C=C(C)C(=O)O3)[C@H]1C2. The normalized spacial score (nSPS) is 28.4. The Hall–Kier alpha value is -2.76. The molecule has 2 heterocycles. The van der Waals surface area contributed by atoms with Gasteiger partial charge in [-0.3, -0.25) is 0 Å². The Morgan fingerprint density at radius 2 is 1.96 bits per heavy atom. The van der Waals surface area contributed by atoms with E-state index in [-0.39, 0.29) is 12.0 Å². The van der Waals surface area contributed by atoms with Gasteiger partial charge in [0.1, 0.15) is 11.9 Å². The number of esters is 2. The summed E-state index contributed by atoms with van der Waals surface area (Å²) in [4.78, 5) is 23.7. The molecule has 25 heavy (non-hydrogen) atoms. The van der Waals surface area contributed by atoms with Crippen LogP contribution in [-0.4, -0.2) is 25.3 Å². The molecule has 130 valence electrons. The van der Waals surface area contributed by atoms with Crippen molar-refractivity contribution >= 4 is 11.9 Å². The lowest BCUT2D eigenvalue weighted by Crippen LogP contribution is -2.12. The van der Waals surface area contributed by atoms with E-state index in [1.54, 1.807) is 20.1 Å². The second-order valence-corrected chi connectivity index (χ2v) is 6.45. The van der Waals surface area contributed by atoms with Crippen LogP contribution in [0.1, 0.15) is 29.7 Å². The Balaban J connectivity index is 1.61. The minimum Gasteiger partial charge on any atom is -0.496 e. The first kappa shape index (κ1) is 15.7. The minimum atomic E-state index is -0.799. The molecule has 0 N–H and O–H groups in total. The van der Waals surface area contributed by atoms with Gasteiger partial charge in [-0.1, -0.05) is 6.07 Å². The van der Waals surface area contributed by atoms with E-state index in [0.717, 1.165) is 22.4 Å². The highest BCUT2D eigenvalue weighted by Crippen LogP contribution is 2.51. The summed E-state index contributed by atoms with van der Waals surface area (Å²) in [6, 6.07) is 3.90. The van der Waals surface area contributed by atoms with E-state index in [0.29, 0.717) is 17.6 Å². The number of aryl methyl sites for hydroxylation is 1. The van der Waals surface area contributed by atoms with Crippen molar-refractivity contribution in [3.8, 4) is 5.75 Å². The van der Waals surface area contributed by atoms with Crippen LogP contribution in [0.4, 0.5) is 0 Å². The summed E-state index contributed by atoms with van der Waals surface area (Å²) in [6.07, 6.45) is 2.47. The third-order valence-electron chi connectivity index (χ3n) is 4.97. The van der Waals surface area contributed by atoms with Crippen molar-refractivity contribution in [3.05, 3.63) is 52.3 Å². The fraction of sp³-hybridized carbons (Fsp3) is 0.368. The summed E-state index contributed by atoms with van der Waals surface area (Å²) in [6.45, 7) is 3.69. The zero-order valence-corrected chi connectivity index (χ0v) is 14.2. The van der Waals surface area contributed by atoms with Crippen LogP contribution in [0.25, 0.3) is 0 Å². The van der Waals surface area contributed by atoms with Crippen LogP contribution in [0, 0.1) is 12.8 Å². The van der Waals surface area contributed by atoms with Gasteiger partial charge in [-0.15, -0.1) is 0 Å². The molecule has 1 aromatic carbocycles. The first-order valence-electron chi connectivity index (χ1n) is 8.12. The number of ether oxygens (including phenoxy) is 4. The summed E-state index contributed by atoms with van der Waals surface area (Å²) in [7, 11) is 1.61. The maximum absolute atomic E-state index is 12.3. The number of carbonyl (C=O) groups excluding carboxylic acids is 2. The number of benzene rings is 1. The quantitative estimate of drug-likeness (QED) is 0.477. The number of carbonyl (C=O) groups is 2. The highest BCUT2D eigenvalue weighted by Gasteiger charge is 2.48. The predicted molar refractivity (Wildman–Crippen MR) is 86.6 cm³/mol. The minimum absolute atomic E-state index is 0.125. The standard InChI is InChI=1S/C19H18O6/c1-9-4-5-14(22-3)16-11(9)7-12-13(19(21)25-17(12)16)8-23-15-6-10(2)18(20)24-15/h4-6,8,12,15,17H,7H2,1-3H3/b13-8+/t12-,15-,17+/m1/s1. The highest BCUT2D eigenvalue weighted by atomic mass is 16.7. The Morgan fingerprint density at radius 1 is 1.16 bits per heavy atom. The average molecular weight is 342 g/mol. The second-order valence-electron chi connectivity index (χ2n) is 6.45. The van der Waals surface area contributed by atoms with Gasteiger partial charge in [-0.25, -0.2) is 9.59 Å². The summed E-state index contributed by atoms with van der Waals surface area (Å²) >= 11 is 0. The zero-order chi connectivity index (χ0) is 17.7. The van der Waals surface area contributed by atoms with Gasteiger partial charge in [0.25, 0.3) is 6.29 Å². The molecular formula is C19H18O6. The van der Waals surface area contributed by atoms with Crippen LogP contribution in [0.5, 0.6) is 5.75 Å². The molecule has 1 aliphatic carbocycles. The summed E-state index contributed by atoms with van der Waals surface area (Å²) in [5, 5.41) is 0. The van der Waals surface area contributed by atoms with Gasteiger partial charge in [-0.05, 0) is 37.5 Å². The first-order valence-corrected chi connectivity index (χ1v) is 8.12. The van der Waals surface area contributed by atoms with Crippen LogP contribution < -0.4 is 4.74 Å².